The summed E-state index contributed by atoms with van der Waals surface area (Å²) in [6.07, 6.45) is 0.664. The first-order valence-electron chi connectivity index (χ1n) is 6.72. The van der Waals surface area contributed by atoms with E-state index in [4.69, 9.17) is 10.8 Å². The Labute approximate surface area is 119 Å². The van der Waals surface area contributed by atoms with Gasteiger partial charge in [-0.1, -0.05) is 50.1 Å². The van der Waals surface area contributed by atoms with Gasteiger partial charge < -0.3 is 16.2 Å². The van der Waals surface area contributed by atoms with Crippen LogP contribution in [0.3, 0.4) is 0 Å². The highest BCUT2D eigenvalue weighted by molar-refractivity contribution is 5.87. The van der Waals surface area contributed by atoms with E-state index in [0.717, 1.165) is 5.56 Å². The van der Waals surface area contributed by atoms with Crippen LogP contribution in [0.25, 0.3) is 0 Å². The lowest BCUT2D eigenvalue weighted by Crippen LogP contribution is -2.48. The van der Waals surface area contributed by atoms with Gasteiger partial charge in [0.1, 0.15) is 12.1 Å². The maximum atomic E-state index is 12.1. The third-order valence-corrected chi connectivity index (χ3v) is 3.50. The van der Waals surface area contributed by atoms with Crippen molar-refractivity contribution in [2.45, 2.75) is 39.3 Å². The third kappa shape index (κ3) is 4.06. The Morgan fingerprint density at radius 1 is 1.30 bits per heavy atom. The summed E-state index contributed by atoms with van der Waals surface area (Å²) in [7, 11) is 0. The van der Waals surface area contributed by atoms with Crippen LogP contribution in [-0.4, -0.2) is 23.0 Å². The molecule has 0 heterocycles. The number of hydrogen-bond donors (Lipinski definition) is 3. The van der Waals surface area contributed by atoms with Crippen LogP contribution in [0.15, 0.2) is 24.3 Å². The second-order valence-electron chi connectivity index (χ2n) is 5.10. The van der Waals surface area contributed by atoms with Gasteiger partial charge in [-0.05, 0) is 18.4 Å². The molecule has 110 valence electrons. The number of rotatable bonds is 6. The Kier molecular flexibility index (Phi) is 5.70. The minimum Gasteiger partial charge on any atom is -0.480 e. The Morgan fingerprint density at radius 3 is 2.30 bits per heavy atom. The zero-order valence-electron chi connectivity index (χ0n) is 12.1. The number of hydrogen-bond acceptors (Lipinski definition) is 3. The molecule has 20 heavy (non-hydrogen) atoms. The molecule has 0 bridgehead atoms. The zero-order chi connectivity index (χ0) is 15.3. The maximum absolute atomic E-state index is 12.1. The van der Waals surface area contributed by atoms with Gasteiger partial charge in [-0.3, -0.25) is 4.79 Å². The lowest BCUT2D eigenvalue weighted by Gasteiger charge is -2.22. The minimum atomic E-state index is -1.04. The Hall–Kier alpha value is -1.88. The molecule has 1 aromatic carbocycles. The fraction of sp³-hybridized carbons (Fsp3) is 0.467. The van der Waals surface area contributed by atoms with Crippen molar-refractivity contribution in [1.82, 2.24) is 5.32 Å². The molecule has 1 amide bonds. The van der Waals surface area contributed by atoms with Gasteiger partial charge >= 0.3 is 5.97 Å². The van der Waals surface area contributed by atoms with Crippen molar-refractivity contribution < 1.29 is 14.7 Å². The van der Waals surface area contributed by atoms with Crippen LogP contribution >= 0.6 is 0 Å². The molecule has 4 N–H and O–H groups in total. The molecule has 0 radical (unpaired) electrons. The monoisotopic (exact) mass is 278 g/mol. The fourth-order valence-corrected chi connectivity index (χ4v) is 1.85. The standard InChI is InChI=1S/C15H22N2O3/c1-4-10(3)13(15(19)20)17-14(18)12(16)11-7-5-9(2)6-8-11/h5-8,10,12-13H,4,16H2,1-3H3,(H,17,18)(H,19,20). The normalized spacial score (nSPS) is 15.2. The van der Waals surface area contributed by atoms with Crippen molar-refractivity contribution in [2.24, 2.45) is 11.7 Å². The second-order valence-corrected chi connectivity index (χ2v) is 5.10. The quantitative estimate of drug-likeness (QED) is 0.737. The lowest BCUT2D eigenvalue weighted by molar-refractivity contribution is -0.143. The third-order valence-electron chi connectivity index (χ3n) is 3.50. The van der Waals surface area contributed by atoms with E-state index in [-0.39, 0.29) is 5.92 Å². The van der Waals surface area contributed by atoms with Gasteiger partial charge in [-0.15, -0.1) is 0 Å². The number of carboxylic acids is 1. The summed E-state index contributed by atoms with van der Waals surface area (Å²) in [5, 5.41) is 11.7. The van der Waals surface area contributed by atoms with E-state index in [2.05, 4.69) is 5.32 Å². The number of nitrogens with one attached hydrogen (secondary N) is 1. The number of aliphatic carboxylic acids is 1. The van der Waals surface area contributed by atoms with Crippen LogP contribution in [0, 0.1) is 12.8 Å². The molecular weight excluding hydrogens is 256 g/mol. The van der Waals surface area contributed by atoms with Gasteiger partial charge in [0.25, 0.3) is 0 Å². The first kappa shape index (κ1) is 16.2. The van der Waals surface area contributed by atoms with Crippen LogP contribution in [0.1, 0.15) is 37.4 Å². The minimum absolute atomic E-state index is 0.151. The number of carboxylic acid groups (broad SMARTS) is 1. The SMILES string of the molecule is CCC(C)C(NC(=O)C(N)c1ccc(C)cc1)C(=O)O. The van der Waals surface area contributed by atoms with Crippen LogP contribution in [0.4, 0.5) is 0 Å². The maximum Gasteiger partial charge on any atom is 0.326 e. The van der Waals surface area contributed by atoms with E-state index in [1.54, 1.807) is 19.1 Å². The molecule has 0 aliphatic heterocycles. The van der Waals surface area contributed by atoms with Crippen molar-refractivity contribution >= 4 is 11.9 Å². The summed E-state index contributed by atoms with van der Waals surface area (Å²) in [4.78, 5) is 23.2. The van der Waals surface area contributed by atoms with Crippen LogP contribution in [0.2, 0.25) is 0 Å². The first-order valence-corrected chi connectivity index (χ1v) is 6.72. The van der Waals surface area contributed by atoms with Gasteiger partial charge in [0.15, 0.2) is 0 Å². The molecule has 0 spiro atoms. The van der Waals surface area contributed by atoms with Crippen LogP contribution in [0.5, 0.6) is 0 Å². The van der Waals surface area contributed by atoms with Gasteiger partial charge in [0.2, 0.25) is 5.91 Å². The largest absolute Gasteiger partial charge is 0.480 e. The van der Waals surface area contributed by atoms with Gasteiger partial charge in [-0.25, -0.2) is 4.79 Å². The smallest absolute Gasteiger partial charge is 0.326 e. The summed E-state index contributed by atoms with van der Waals surface area (Å²) in [5.74, 6) is -1.66. The average molecular weight is 278 g/mol. The van der Waals surface area contributed by atoms with E-state index >= 15 is 0 Å². The summed E-state index contributed by atoms with van der Waals surface area (Å²) < 4.78 is 0. The lowest BCUT2D eigenvalue weighted by atomic mass is 9.98. The number of carbonyl (C=O) groups is 2. The molecule has 5 heteroatoms. The molecule has 1 rings (SSSR count). The molecule has 0 aromatic heterocycles. The number of aryl methyl sites for hydroxylation is 1. The Morgan fingerprint density at radius 2 is 1.85 bits per heavy atom. The van der Waals surface area contributed by atoms with Gasteiger partial charge in [0.05, 0.1) is 0 Å². The van der Waals surface area contributed by atoms with E-state index in [1.165, 1.54) is 0 Å². The fourth-order valence-electron chi connectivity index (χ4n) is 1.85. The average Bonchev–Trinajstić information content (AvgIpc) is 2.43. The first-order chi connectivity index (χ1) is 9.36. The van der Waals surface area contributed by atoms with Gasteiger partial charge in [-0.2, -0.15) is 0 Å². The van der Waals surface area contributed by atoms with Crippen molar-refractivity contribution in [2.75, 3.05) is 0 Å². The van der Waals surface area contributed by atoms with Gasteiger partial charge in [0, 0.05) is 0 Å². The highest BCUT2D eigenvalue weighted by Gasteiger charge is 2.27. The zero-order valence-corrected chi connectivity index (χ0v) is 12.1. The highest BCUT2D eigenvalue weighted by Crippen LogP contribution is 2.14. The van der Waals surface area contributed by atoms with Crippen LogP contribution in [-0.2, 0) is 9.59 Å². The summed E-state index contributed by atoms with van der Waals surface area (Å²) in [6.45, 7) is 5.61. The van der Waals surface area contributed by atoms with Crippen molar-refractivity contribution in [1.29, 1.82) is 0 Å². The van der Waals surface area contributed by atoms with E-state index < -0.39 is 24.0 Å². The molecule has 0 fully saturated rings. The molecule has 0 aliphatic rings. The summed E-state index contributed by atoms with van der Waals surface area (Å²) >= 11 is 0. The second kappa shape index (κ2) is 7.05. The molecular formula is C15H22N2O3. The topological polar surface area (TPSA) is 92.4 Å². The number of benzene rings is 1. The predicted molar refractivity (Wildman–Crippen MR) is 77.1 cm³/mol. The molecule has 0 aliphatic carbocycles. The highest BCUT2D eigenvalue weighted by atomic mass is 16.4. The van der Waals surface area contributed by atoms with E-state index in [1.807, 2.05) is 26.0 Å². The van der Waals surface area contributed by atoms with Crippen molar-refractivity contribution in [3.8, 4) is 0 Å². The van der Waals surface area contributed by atoms with Crippen molar-refractivity contribution in [3.63, 3.8) is 0 Å². The molecule has 5 nitrogen and oxygen atoms in total. The molecule has 0 saturated carbocycles. The Balaban J connectivity index is 2.78. The molecule has 3 unspecified atom stereocenters. The van der Waals surface area contributed by atoms with E-state index in [9.17, 15) is 9.59 Å². The van der Waals surface area contributed by atoms with E-state index in [0.29, 0.717) is 12.0 Å². The number of nitrogens with two attached hydrogens (primary N) is 1. The molecule has 1 aromatic rings. The molecule has 0 saturated heterocycles. The number of carbonyl (C=O) groups excluding carboxylic acids is 1. The molecule has 3 atom stereocenters. The Bertz CT molecular complexity index is 471. The van der Waals surface area contributed by atoms with Crippen LogP contribution < -0.4 is 11.1 Å². The summed E-state index contributed by atoms with van der Waals surface area (Å²) in [5.41, 5.74) is 7.62. The predicted octanol–water partition coefficient (Wildman–Crippen LogP) is 1.61. The summed E-state index contributed by atoms with van der Waals surface area (Å²) in [6, 6.07) is 5.51. The van der Waals surface area contributed by atoms with Crippen molar-refractivity contribution in [3.05, 3.63) is 35.4 Å². The number of amides is 1.